The Labute approximate surface area is 86.1 Å². The molecular weight excluding hydrogens is 324 g/mol. The Kier molecular flexibility index (Phi) is 5.79. The number of hydrogen-bond acceptors (Lipinski definition) is 2. The van der Waals surface area contributed by atoms with Gasteiger partial charge in [-0.25, -0.2) is 12.1 Å². The van der Waals surface area contributed by atoms with E-state index >= 15 is 0 Å². The normalized spacial score (nSPS) is 8.75. The second kappa shape index (κ2) is 6.05. The first-order chi connectivity index (χ1) is 5.29. The van der Waals surface area contributed by atoms with Crippen LogP contribution in [0.1, 0.15) is 19.0 Å². The molecule has 1 aromatic rings. The van der Waals surface area contributed by atoms with Crippen LogP contribution < -0.4 is 0 Å². The Hall–Kier alpha value is -0.518. The van der Waals surface area contributed by atoms with Crippen LogP contribution in [0.15, 0.2) is 18.3 Å². The van der Waals surface area contributed by atoms with Crippen molar-refractivity contribution < 1.29 is 25.2 Å². The molecule has 0 aliphatic rings. The second-order valence-electron chi connectivity index (χ2n) is 2.43. The smallest absolute Gasteiger partial charge is 0.130 e. The standard InChI is InChI=1S/C9H10NO.Re/c1-8(11)5-6-9-4-2-3-7-10-9;/h2-3,7H,5-6H2,1H3;/q-1;. The first kappa shape index (κ1) is 11.5. The number of ketones is 1. The molecule has 0 fully saturated rings. The van der Waals surface area contributed by atoms with Crippen LogP contribution in [0.3, 0.4) is 0 Å². The van der Waals surface area contributed by atoms with Crippen molar-refractivity contribution in [1.82, 2.24) is 4.98 Å². The summed E-state index contributed by atoms with van der Waals surface area (Å²) >= 11 is 0. The third-order valence-corrected chi connectivity index (χ3v) is 1.38. The molecule has 1 rings (SSSR count). The van der Waals surface area contributed by atoms with Gasteiger partial charge < -0.3 is 9.78 Å². The summed E-state index contributed by atoms with van der Waals surface area (Å²) in [6, 6.07) is 6.59. The van der Waals surface area contributed by atoms with E-state index in [9.17, 15) is 4.79 Å². The molecule has 0 unspecified atom stereocenters. The molecule has 2 nitrogen and oxygen atoms in total. The molecule has 1 aromatic heterocycles. The SMILES string of the molecule is CC(=O)CCc1[c-]cccn1.[Re]. The quantitative estimate of drug-likeness (QED) is 0.782. The number of aryl methyl sites for hydroxylation is 1. The zero-order chi connectivity index (χ0) is 8.10. The molecule has 0 spiro atoms. The molecule has 3 heteroatoms. The van der Waals surface area contributed by atoms with Gasteiger partial charge in [-0.15, -0.1) is 0 Å². The largest absolute Gasteiger partial charge is 0.301 e. The first-order valence-corrected chi connectivity index (χ1v) is 3.60. The van der Waals surface area contributed by atoms with Crippen LogP contribution in [0, 0.1) is 6.07 Å². The van der Waals surface area contributed by atoms with Gasteiger partial charge in [0.2, 0.25) is 0 Å². The molecule has 0 saturated heterocycles. The monoisotopic (exact) mass is 335 g/mol. The number of Topliss-reactive ketones (excluding diaryl/α,β-unsaturated/α-hetero) is 1. The van der Waals surface area contributed by atoms with E-state index < -0.39 is 0 Å². The van der Waals surface area contributed by atoms with Gasteiger partial charge in [-0.05, 0) is 13.3 Å². The maximum atomic E-state index is 10.6. The van der Waals surface area contributed by atoms with Crippen LogP contribution >= 0.6 is 0 Å². The van der Waals surface area contributed by atoms with E-state index in [2.05, 4.69) is 11.1 Å². The number of carbonyl (C=O) groups is 1. The fourth-order valence-electron chi connectivity index (χ4n) is 0.789. The zero-order valence-electron chi connectivity index (χ0n) is 6.88. The van der Waals surface area contributed by atoms with Crippen molar-refractivity contribution in [1.29, 1.82) is 0 Å². The average Bonchev–Trinajstić information content (AvgIpc) is 2.03. The summed E-state index contributed by atoms with van der Waals surface area (Å²) in [5.41, 5.74) is 0.864. The molecule has 0 aliphatic heterocycles. The summed E-state index contributed by atoms with van der Waals surface area (Å²) in [5, 5.41) is 0. The van der Waals surface area contributed by atoms with Gasteiger partial charge >= 0.3 is 0 Å². The van der Waals surface area contributed by atoms with E-state index in [1.807, 2.05) is 12.1 Å². The molecule has 65 valence electrons. The van der Waals surface area contributed by atoms with Crippen LogP contribution in [0.4, 0.5) is 0 Å². The van der Waals surface area contributed by atoms with Gasteiger partial charge in [-0.3, -0.25) is 0 Å². The summed E-state index contributed by atoms with van der Waals surface area (Å²) < 4.78 is 0. The topological polar surface area (TPSA) is 30.0 Å². The minimum atomic E-state index is 0. The van der Waals surface area contributed by atoms with Gasteiger partial charge in [0.1, 0.15) is 5.78 Å². The third kappa shape index (κ3) is 4.38. The first-order valence-electron chi connectivity index (χ1n) is 3.60. The Balaban J connectivity index is 0.00000121. The maximum Gasteiger partial charge on any atom is 0.130 e. The minimum absolute atomic E-state index is 0. The second-order valence-corrected chi connectivity index (χ2v) is 2.43. The van der Waals surface area contributed by atoms with Gasteiger partial charge in [-0.1, -0.05) is 11.9 Å². The number of carbonyl (C=O) groups excluding carboxylic acids is 1. The summed E-state index contributed by atoms with van der Waals surface area (Å²) in [6.07, 6.45) is 2.98. The predicted molar refractivity (Wildman–Crippen MR) is 42.1 cm³/mol. The van der Waals surface area contributed by atoms with Crippen LogP contribution in [0.2, 0.25) is 0 Å². The number of rotatable bonds is 3. The molecule has 0 bridgehead atoms. The molecule has 0 saturated carbocycles. The maximum absolute atomic E-state index is 10.6. The Morgan fingerprint density at radius 1 is 1.67 bits per heavy atom. The molecule has 0 aromatic carbocycles. The van der Waals surface area contributed by atoms with Crippen molar-refractivity contribution in [3.8, 4) is 0 Å². The minimum Gasteiger partial charge on any atom is -0.301 e. The zero-order valence-corrected chi connectivity index (χ0v) is 9.60. The van der Waals surface area contributed by atoms with Gasteiger partial charge in [-0.2, -0.15) is 6.07 Å². The van der Waals surface area contributed by atoms with Crippen LogP contribution in [0.25, 0.3) is 0 Å². The van der Waals surface area contributed by atoms with E-state index in [0.29, 0.717) is 12.8 Å². The number of aromatic nitrogens is 1. The Morgan fingerprint density at radius 3 is 2.92 bits per heavy atom. The van der Waals surface area contributed by atoms with E-state index in [-0.39, 0.29) is 26.2 Å². The average molecular weight is 334 g/mol. The van der Waals surface area contributed by atoms with E-state index in [0.717, 1.165) is 5.69 Å². The van der Waals surface area contributed by atoms with Crippen LogP contribution in [-0.2, 0) is 31.6 Å². The number of nitrogens with zero attached hydrogens (tertiary/aromatic N) is 1. The third-order valence-electron chi connectivity index (χ3n) is 1.38. The van der Waals surface area contributed by atoms with Crippen molar-refractivity contribution >= 4 is 5.78 Å². The molecule has 0 N–H and O–H groups in total. The Morgan fingerprint density at radius 2 is 2.42 bits per heavy atom. The predicted octanol–water partition coefficient (Wildman–Crippen LogP) is 1.40. The summed E-state index contributed by atoms with van der Waals surface area (Å²) in [7, 11) is 0. The van der Waals surface area contributed by atoms with Crippen molar-refractivity contribution in [3.05, 3.63) is 30.1 Å². The molecule has 12 heavy (non-hydrogen) atoms. The van der Waals surface area contributed by atoms with Gasteiger partial charge in [0, 0.05) is 26.8 Å². The van der Waals surface area contributed by atoms with E-state index in [1.54, 1.807) is 13.1 Å². The van der Waals surface area contributed by atoms with Gasteiger partial charge in [0.15, 0.2) is 0 Å². The number of pyridine rings is 1. The van der Waals surface area contributed by atoms with Crippen molar-refractivity contribution in [2.75, 3.05) is 0 Å². The van der Waals surface area contributed by atoms with Crippen molar-refractivity contribution in [2.45, 2.75) is 19.8 Å². The van der Waals surface area contributed by atoms with E-state index in [4.69, 9.17) is 0 Å². The molecule has 0 atom stereocenters. The molecule has 0 aliphatic carbocycles. The molecule has 1 heterocycles. The van der Waals surface area contributed by atoms with Crippen LogP contribution in [0.5, 0.6) is 0 Å². The number of hydrogen-bond donors (Lipinski definition) is 0. The summed E-state index contributed by atoms with van der Waals surface area (Å²) in [6.45, 7) is 1.59. The van der Waals surface area contributed by atoms with Gasteiger partial charge in [0.25, 0.3) is 0 Å². The van der Waals surface area contributed by atoms with Crippen LogP contribution in [-0.4, -0.2) is 10.8 Å². The molecular formula is C9H10NORe-. The molecule has 0 amide bonds. The van der Waals surface area contributed by atoms with Crippen molar-refractivity contribution in [3.63, 3.8) is 0 Å². The fourth-order valence-corrected chi connectivity index (χ4v) is 0.789. The summed E-state index contributed by atoms with van der Waals surface area (Å²) in [5.74, 6) is 0.198. The van der Waals surface area contributed by atoms with E-state index in [1.165, 1.54) is 0 Å². The summed E-state index contributed by atoms with van der Waals surface area (Å²) in [4.78, 5) is 14.6. The fraction of sp³-hybridized carbons (Fsp3) is 0.333. The van der Waals surface area contributed by atoms with Gasteiger partial charge in [0.05, 0.1) is 0 Å². The Bertz CT molecular complexity index is 236. The molecule has 1 radical (unpaired) electrons. The van der Waals surface area contributed by atoms with Crippen molar-refractivity contribution in [2.24, 2.45) is 0 Å².